The van der Waals surface area contributed by atoms with Crippen molar-refractivity contribution in [3.05, 3.63) is 91.4 Å². The second-order valence-electron chi connectivity index (χ2n) is 7.62. The SMILES string of the molecule is CCOc1cc(/C=C(\C#N)C(=O)Nc2c(Br)cc(C)cc2Br)ccc1OC(=O)c1ccc(C)cc1. The lowest BCUT2D eigenvalue weighted by molar-refractivity contribution is -0.112. The van der Waals surface area contributed by atoms with E-state index in [1.165, 1.54) is 6.08 Å². The molecular weight excluding hydrogens is 576 g/mol. The van der Waals surface area contributed by atoms with Gasteiger partial charge >= 0.3 is 5.97 Å². The average Bonchev–Trinajstić information content (AvgIpc) is 2.81. The van der Waals surface area contributed by atoms with Crippen LogP contribution in [0.25, 0.3) is 6.08 Å². The number of rotatable bonds is 7. The number of aryl methyl sites for hydroxylation is 2. The van der Waals surface area contributed by atoms with Gasteiger partial charge in [-0.3, -0.25) is 4.79 Å². The van der Waals surface area contributed by atoms with E-state index in [0.717, 1.165) is 11.1 Å². The van der Waals surface area contributed by atoms with E-state index in [0.29, 0.717) is 38.1 Å². The molecule has 0 aliphatic carbocycles. The van der Waals surface area contributed by atoms with Gasteiger partial charge in [0.1, 0.15) is 11.6 Å². The molecule has 1 N–H and O–H groups in total. The summed E-state index contributed by atoms with van der Waals surface area (Å²) in [7, 11) is 0. The van der Waals surface area contributed by atoms with Crippen LogP contribution in [0, 0.1) is 25.2 Å². The number of anilines is 1. The highest BCUT2D eigenvalue weighted by Gasteiger charge is 2.16. The number of halogens is 2. The zero-order valence-electron chi connectivity index (χ0n) is 19.3. The monoisotopic (exact) mass is 596 g/mol. The van der Waals surface area contributed by atoms with Gasteiger partial charge in [-0.1, -0.05) is 23.8 Å². The van der Waals surface area contributed by atoms with Crippen LogP contribution in [0.5, 0.6) is 11.5 Å². The largest absolute Gasteiger partial charge is 0.490 e. The third-order valence-corrected chi connectivity index (χ3v) is 6.11. The number of amides is 1. The van der Waals surface area contributed by atoms with Crippen molar-refractivity contribution < 1.29 is 19.1 Å². The molecule has 8 heteroatoms. The van der Waals surface area contributed by atoms with Crippen LogP contribution in [0.15, 0.2) is 69.1 Å². The van der Waals surface area contributed by atoms with Crippen LogP contribution in [0.3, 0.4) is 0 Å². The van der Waals surface area contributed by atoms with Crippen LogP contribution in [0.4, 0.5) is 5.69 Å². The van der Waals surface area contributed by atoms with Gasteiger partial charge < -0.3 is 14.8 Å². The molecule has 6 nitrogen and oxygen atoms in total. The molecule has 0 radical (unpaired) electrons. The van der Waals surface area contributed by atoms with Gasteiger partial charge in [-0.25, -0.2) is 4.79 Å². The van der Waals surface area contributed by atoms with Crippen molar-refractivity contribution in [1.82, 2.24) is 0 Å². The summed E-state index contributed by atoms with van der Waals surface area (Å²) >= 11 is 6.87. The Labute approximate surface area is 220 Å². The maximum atomic E-state index is 12.8. The van der Waals surface area contributed by atoms with E-state index in [9.17, 15) is 14.9 Å². The Kier molecular flexibility index (Phi) is 8.85. The summed E-state index contributed by atoms with van der Waals surface area (Å²) in [6.07, 6.45) is 1.44. The highest BCUT2D eigenvalue weighted by atomic mass is 79.9. The molecule has 0 heterocycles. The standard InChI is InChI=1S/C27H22Br2N2O4/c1-4-34-24-14-18(7-10-23(24)35-27(33)19-8-5-16(2)6-9-19)13-20(15-30)26(32)31-25-21(28)11-17(3)12-22(25)29/h5-14H,4H2,1-3H3,(H,31,32)/b20-13+. The Morgan fingerprint density at radius 2 is 1.63 bits per heavy atom. The van der Waals surface area contributed by atoms with E-state index in [1.807, 2.05) is 44.2 Å². The number of nitriles is 1. The van der Waals surface area contributed by atoms with Crippen LogP contribution in [0.2, 0.25) is 0 Å². The molecule has 3 rings (SSSR count). The molecule has 0 saturated carbocycles. The average molecular weight is 598 g/mol. The number of esters is 1. The summed E-state index contributed by atoms with van der Waals surface area (Å²) in [5, 5.41) is 12.4. The van der Waals surface area contributed by atoms with E-state index < -0.39 is 11.9 Å². The molecule has 1 amide bonds. The molecule has 3 aromatic carbocycles. The number of nitrogens with zero attached hydrogens (tertiary/aromatic N) is 1. The summed E-state index contributed by atoms with van der Waals surface area (Å²) in [6, 6.07) is 17.5. The first-order chi connectivity index (χ1) is 16.7. The quantitative estimate of drug-likeness (QED) is 0.137. The van der Waals surface area contributed by atoms with Crippen molar-refractivity contribution in [2.45, 2.75) is 20.8 Å². The van der Waals surface area contributed by atoms with Crippen molar-refractivity contribution >= 4 is 55.5 Å². The molecule has 0 atom stereocenters. The van der Waals surface area contributed by atoms with Gasteiger partial charge in [0.25, 0.3) is 5.91 Å². The van der Waals surface area contributed by atoms with Gasteiger partial charge in [0.2, 0.25) is 0 Å². The van der Waals surface area contributed by atoms with Crippen LogP contribution < -0.4 is 14.8 Å². The van der Waals surface area contributed by atoms with Crippen molar-refractivity contribution in [2.24, 2.45) is 0 Å². The van der Waals surface area contributed by atoms with Gasteiger partial charge in [0.05, 0.1) is 17.9 Å². The Balaban J connectivity index is 1.85. The second kappa shape index (κ2) is 11.8. The van der Waals surface area contributed by atoms with E-state index in [2.05, 4.69) is 37.2 Å². The van der Waals surface area contributed by atoms with Crippen molar-refractivity contribution in [2.75, 3.05) is 11.9 Å². The van der Waals surface area contributed by atoms with Crippen LogP contribution >= 0.6 is 31.9 Å². The smallest absolute Gasteiger partial charge is 0.343 e. The van der Waals surface area contributed by atoms with E-state index in [1.54, 1.807) is 37.3 Å². The normalized spacial score (nSPS) is 10.9. The molecule has 0 spiro atoms. The molecule has 0 aliphatic rings. The molecule has 0 aromatic heterocycles. The van der Waals surface area contributed by atoms with Gasteiger partial charge in [0.15, 0.2) is 11.5 Å². The maximum Gasteiger partial charge on any atom is 0.343 e. The molecule has 3 aromatic rings. The summed E-state index contributed by atoms with van der Waals surface area (Å²) < 4.78 is 12.6. The number of ether oxygens (including phenoxy) is 2. The molecule has 0 fully saturated rings. The zero-order chi connectivity index (χ0) is 25.5. The van der Waals surface area contributed by atoms with Gasteiger partial charge in [-0.05, 0) is 106 Å². The summed E-state index contributed by atoms with van der Waals surface area (Å²) in [4.78, 5) is 25.3. The minimum absolute atomic E-state index is 0.101. The fourth-order valence-corrected chi connectivity index (χ4v) is 4.74. The van der Waals surface area contributed by atoms with E-state index in [4.69, 9.17) is 9.47 Å². The fourth-order valence-electron chi connectivity index (χ4n) is 3.13. The van der Waals surface area contributed by atoms with Crippen LogP contribution in [0.1, 0.15) is 34.0 Å². The lowest BCUT2D eigenvalue weighted by Crippen LogP contribution is -2.14. The number of carbonyl (C=O) groups is 2. The third-order valence-electron chi connectivity index (χ3n) is 4.86. The molecule has 178 valence electrons. The maximum absolute atomic E-state index is 12.8. The third kappa shape index (κ3) is 6.81. The lowest BCUT2D eigenvalue weighted by atomic mass is 10.1. The highest BCUT2D eigenvalue weighted by Crippen LogP contribution is 2.33. The van der Waals surface area contributed by atoms with Crippen molar-refractivity contribution in [3.8, 4) is 17.6 Å². The first kappa shape index (κ1) is 26.2. The molecule has 0 unspecified atom stereocenters. The predicted molar refractivity (Wildman–Crippen MR) is 143 cm³/mol. The second-order valence-corrected chi connectivity index (χ2v) is 9.33. The number of hydrogen-bond acceptors (Lipinski definition) is 5. The van der Waals surface area contributed by atoms with Crippen molar-refractivity contribution in [1.29, 1.82) is 5.26 Å². The Morgan fingerprint density at radius 3 is 2.23 bits per heavy atom. The van der Waals surface area contributed by atoms with Gasteiger partial charge in [0, 0.05) is 8.95 Å². The minimum atomic E-state index is -0.564. The fraction of sp³-hybridized carbons (Fsp3) is 0.148. The molecule has 0 bridgehead atoms. The Bertz CT molecular complexity index is 1320. The summed E-state index contributed by atoms with van der Waals surface area (Å²) in [6.45, 7) is 6.00. The Morgan fingerprint density at radius 1 is 0.971 bits per heavy atom. The summed E-state index contributed by atoms with van der Waals surface area (Å²) in [5.41, 5.74) is 3.42. The molecular formula is C27H22Br2N2O4. The number of hydrogen-bond donors (Lipinski definition) is 1. The lowest BCUT2D eigenvalue weighted by Gasteiger charge is -2.12. The zero-order valence-corrected chi connectivity index (χ0v) is 22.5. The van der Waals surface area contributed by atoms with E-state index >= 15 is 0 Å². The first-order valence-electron chi connectivity index (χ1n) is 10.7. The minimum Gasteiger partial charge on any atom is -0.490 e. The summed E-state index contributed by atoms with van der Waals surface area (Å²) in [5.74, 6) is -0.514. The number of benzene rings is 3. The van der Waals surface area contributed by atoms with Gasteiger partial charge in [-0.2, -0.15) is 5.26 Å². The van der Waals surface area contributed by atoms with E-state index in [-0.39, 0.29) is 11.3 Å². The number of nitrogens with one attached hydrogen (secondary N) is 1. The first-order valence-corrected chi connectivity index (χ1v) is 12.2. The molecule has 0 saturated heterocycles. The molecule has 0 aliphatic heterocycles. The predicted octanol–water partition coefficient (Wildman–Crippen LogP) is 6.99. The van der Waals surface area contributed by atoms with Crippen LogP contribution in [-0.4, -0.2) is 18.5 Å². The van der Waals surface area contributed by atoms with Crippen LogP contribution in [-0.2, 0) is 4.79 Å². The Hall–Kier alpha value is -3.41. The topological polar surface area (TPSA) is 88.4 Å². The molecule has 35 heavy (non-hydrogen) atoms. The van der Waals surface area contributed by atoms with Gasteiger partial charge in [-0.15, -0.1) is 0 Å². The van der Waals surface area contributed by atoms with Crippen molar-refractivity contribution in [3.63, 3.8) is 0 Å². The highest BCUT2D eigenvalue weighted by molar-refractivity contribution is 9.11. The number of carbonyl (C=O) groups excluding carboxylic acids is 2.